The molecule has 1 N–H and O–H groups in total. The maximum Gasteiger partial charge on any atom is 0.244 e. The molecule has 224 valence electrons. The van der Waals surface area contributed by atoms with Crippen LogP contribution in [-0.4, -0.2) is 56.3 Å². The van der Waals surface area contributed by atoms with Crippen LogP contribution in [0, 0.1) is 0 Å². The first-order chi connectivity index (χ1) is 19.9. The molecule has 3 aromatic rings. The molecule has 0 aliphatic heterocycles. The van der Waals surface area contributed by atoms with Crippen molar-refractivity contribution >= 4 is 56.5 Å². The van der Waals surface area contributed by atoms with Gasteiger partial charge in [-0.15, -0.1) is 0 Å². The number of Topliss-reactive ketones (excluding diaryl/α,β-unsaturated/α-hetero) is 1. The van der Waals surface area contributed by atoms with Gasteiger partial charge >= 0.3 is 0 Å². The molecule has 0 heterocycles. The average molecular weight is 633 g/mol. The van der Waals surface area contributed by atoms with Crippen molar-refractivity contribution in [3.8, 4) is 0 Å². The van der Waals surface area contributed by atoms with Crippen LogP contribution in [0.2, 0.25) is 10.0 Å². The largest absolute Gasteiger partial charge is 0.354 e. The number of nitrogens with one attached hydrogen (secondary N) is 1. The number of carbonyl (C=O) groups is 3. The Hall–Kier alpha value is -3.40. The third-order valence-electron chi connectivity index (χ3n) is 6.66. The first kappa shape index (κ1) is 33.1. The van der Waals surface area contributed by atoms with E-state index < -0.39 is 28.5 Å². The molecule has 0 saturated heterocycles. The lowest BCUT2D eigenvalue weighted by molar-refractivity contribution is -0.140. The van der Waals surface area contributed by atoms with Crippen LogP contribution in [0.1, 0.15) is 48.2 Å². The zero-order chi connectivity index (χ0) is 30.9. The number of hydrogen-bond acceptors (Lipinski definition) is 5. The fourth-order valence-corrected chi connectivity index (χ4v) is 5.55. The molecule has 42 heavy (non-hydrogen) atoms. The predicted molar refractivity (Wildman–Crippen MR) is 167 cm³/mol. The summed E-state index contributed by atoms with van der Waals surface area (Å²) in [6.45, 7) is 3.20. The molecule has 0 aromatic heterocycles. The van der Waals surface area contributed by atoms with Gasteiger partial charge in [-0.1, -0.05) is 85.1 Å². The molecule has 0 aliphatic rings. The smallest absolute Gasteiger partial charge is 0.244 e. The first-order valence-corrected chi connectivity index (χ1v) is 16.1. The number of benzene rings is 3. The SMILES string of the molecule is CCCCNC(=O)C(Cc1ccccc1)N(Cc1ccc(Cl)c(Cl)c1)C(=O)CN(c1cccc(C(C)=O)c1)S(C)(=O)=O. The highest BCUT2D eigenvalue weighted by atomic mass is 35.5. The molecule has 3 rings (SSSR count). The van der Waals surface area contributed by atoms with Crippen molar-refractivity contribution < 1.29 is 22.8 Å². The Morgan fingerprint density at radius 3 is 2.24 bits per heavy atom. The zero-order valence-corrected chi connectivity index (χ0v) is 26.2. The third-order valence-corrected chi connectivity index (χ3v) is 8.54. The Morgan fingerprint density at radius 1 is 0.905 bits per heavy atom. The van der Waals surface area contributed by atoms with Crippen molar-refractivity contribution in [1.82, 2.24) is 10.2 Å². The van der Waals surface area contributed by atoms with Gasteiger partial charge in [0, 0.05) is 25.1 Å². The molecule has 8 nitrogen and oxygen atoms in total. The minimum atomic E-state index is -3.96. The molecule has 0 aliphatic carbocycles. The van der Waals surface area contributed by atoms with Gasteiger partial charge in [-0.25, -0.2) is 8.42 Å². The number of sulfonamides is 1. The maximum absolute atomic E-state index is 14.1. The number of unbranched alkanes of at least 4 members (excludes halogenated alkanes) is 1. The molecule has 0 bridgehead atoms. The van der Waals surface area contributed by atoms with Gasteiger partial charge in [-0.2, -0.15) is 0 Å². The normalized spacial score (nSPS) is 11.9. The van der Waals surface area contributed by atoms with Crippen molar-refractivity contribution in [2.45, 2.75) is 45.7 Å². The summed E-state index contributed by atoms with van der Waals surface area (Å²) >= 11 is 12.4. The van der Waals surface area contributed by atoms with Crippen molar-refractivity contribution in [1.29, 1.82) is 0 Å². The molecular formula is C31H35Cl2N3O5S. The van der Waals surface area contributed by atoms with E-state index in [2.05, 4.69) is 5.32 Å². The number of amides is 2. The quantitative estimate of drug-likeness (QED) is 0.186. The lowest BCUT2D eigenvalue weighted by Crippen LogP contribution is -2.53. The summed E-state index contributed by atoms with van der Waals surface area (Å²) in [5.41, 5.74) is 1.91. The van der Waals surface area contributed by atoms with Gasteiger partial charge < -0.3 is 10.2 Å². The number of carbonyl (C=O) groups excluding carboxylic acids is 3. The Balaban J connectivity index is 2.07. The van der Waals surface area contributed by atoms with E-state index >= 15 is 0 Å². The van der Waals surface area contributed by atoms with Crippen LogP contribution in [0.25, 0.3) is 0 Å². The van der Waals surface area contributed by atoms with Crippen molar-refractivity contribution in [3.63, 3.8) is 0 Å². The van der Waals surface area contributed by atoms with Crippen LogP contribution in [0.15, 0.2) is 72.8 Å². The van der Waals surface area contributed by atoms with E-state index in [0.717, 1.165) is 29.0 Å². The van der Waals surface area contributed by atoms with Gasteiger partial charge in [0.2, 0.25) is 21.8 Å². The molecule has 2 amide bonds. The molecule has 0 radical (unpaired) electrons. The van der Waals surface area contributed by atoms with Gasteiger partial charge in [0.05, 0.1) is 22.0 Å². The lowest BCUT2D eigenvalue weighted by atomic mass is 10.0. The van der Waals surface area contributed by atoms with E-state index in [1.54, 1.807) is 30.3 Å². The van der Waals surface area contributed by atoms with Gasteiger partial charge in [0.25, 0.3) is 0 Å². The number of rotatable bonds is 14. The van der Waals surface area contributed by atoms with Crippen molar-refractivity contribution in [3.05, 3.63) is 99.5 Å². The minimum Gasteiger partial charge on any atom is -0.354 e. The second-order valence-electron chi connectivity index (χ2n) is 10.00. The van der Waals surface area contributed by atoms with Crippen LogP contribution in [0.3, 0.4) is 0 Å². The fourth-order valence-electron chi connectivity index (χ4n) is 4.39. The molecule has 1 unspecified atom stereocenters. The van der Waals surface area contributed by atoms with E-state index in [-0.39, 0.29) is 35.4 Å². The van der Waals surface area contributed by atoms with Crippen LogP contribution < -0.4 is 9.62 Å². The Kier molecular flexibility index (Phi) is 12.0. The maximum atomic E-state index is 14.1. The summed E-state index contributed by atoms with van der Waals surface area (Å²) in [7, 11) is -3.96. The highest BCUT2D eigenvalue weighted by molar-refractivity contribution is 7.92. The topological polar surface area (TPSA) is 104 Å². The first-order valence-electron chi connectivity index (χ1n) is 13.5. The second kappa shape index (κ2) is 15.2. The number of ketones is 1. The summed E-state index contributed by atoms with van der Waals surface area (Å²) in [4.78, 5) is 41.1. The Bertz CT molecular complexity index is 1520. The molecule has 0 saturated carbocycles. The van der Waals surface area contributed by atoms with Crippen LogP contribution in [0.5, 0.6) is 0 Å². The summed E-state index contributed by atoms with van der Waals surface area (Å²) < 4.78 is 26.8. The Morgan fingerprint density at radius 2 is 1.62 bits per heavy atom. The van der Waals surface area contributed by atoms with E-state index in [0.29, 0.717) is 22.7 Å². The number of nitrogens with zero attached hydrogens (tertiary/aromatic N) is 2. The van der Waals surface area contributed by atoms with E-state index in [9.17, 15) is 22.8 Å². The summed E-state index contributed by atoms with van der Waals surface area (Å²) in [6, 6.07) is 19.3. The summed E-state index contributed by atoms with van der Waals surface area (Å²) in [5.74, 6) is -1.21. The van der Waals surface area contributed by atoms with Gasteiger partial charge in [-0.3, -0.25) is 18.7 Å². The summed E-state index contributed by atoms with van der Waals surface area (Å²) in [5, 5.41) is 3.55. The molecular weight excluding hydrogens is 597 g/mol. The highest BCUT2D eigenvalue weighted by Gasteiger charge is 2.33. The van der Waals surface area contributed by atoms with Gasteiger partial charge in [0.15, 0.2) is 5.78 Å². The molecule has 3 aromatic carbocycles. The minimum absolute atomic E-state index is 0.0283. The second-order valence-corrected chi connectivity index (χ2v) is 12.7. The van der Waals surface area contributed by atoms with Gasteiger partial charge in [-0.05, 0) is 48.7 Å². The average Bonchev–Trinajstić information content (AvgIpc) is 2.95. The van der Waals surface area contributed by atoms with Gasteiger partial charge in [0.1, 0.15) is 12.6 Å². The molecule has 0 fully saturated rings. The lowest BCUT2D eigenvalue weighted by Gasteiger charge is -2.33. The zero-order valence-electron chi connectivity index (χ0n) is 23.8. The number of hydrogen-bond donors (Lipinski definition) is 1. The highest BCUT2D eigenvalue weighted by Crippen LogP contribution is 2.25. The standard InChI is InChI=1S/C31H35Cl2N3O5S/c1-4-5-16-34-31(39)29(18-23-10-7-6-8-11-23)35(20-24-14-15-27(32)28(33)17-24)30(38)21-36(42(3,40)41)26-13-9-12-25(19-26)22(2)37/h6-15,17,19,29H,4-5,16,18,20-21H2,1-3H3,(H,34,39). The van der Waals surface area contributed by atoms with Crippen molar-refractivity contribution in [2.75, 3.05) is 23.7 Å². The molecule has 11 heteroatoms. The molecule has 0 spiro atoms. The van der Waals surface area contributed by atoms with E-state index in [4.69, 9.17) is 23.2 Å². The van der Waals surface area contributed by atoms with E-state index in [1.165, 1.54) is 24.0 Å². The third kappa shape index (κ3) is 9.31. The monoisotopic (exact) mass is 631 g/mol. The Labute approximate surface area is 257 Å². The van der Waals surface area contributed by atoms with Crippen LogP contribution >= 0.6 is 23.2 Å². The van der Waals surface area contributed by atoms with E-state index in [1.807, 2.05) is 37.3 Å². The van der Waals surface area contributed by atoms with Crippen LogP contribution in [-0.2, 0) is 32.6 Å². The van der Waals surface area contributed by atoms with Crippen LogP contribution in [0.4, 0.5) is 5.69 Å². The summed E-state index contributed by atoms with van der Waals surface area (Å²) in [6.07, 6.45) is 2.82. The fraction of sp³-hybridized carbons (Fsp3) is 0.323. The number of anilines is 1. The van der Waals surface area contributed by atoms with Crippen molar-refractivity contribution in [2.24, 2.45) is 0 Å². The predicted octanol–water partition coefficient (Wildman–Crippen LogP) is 5.52. The number of halogens is 2. The molecule has 1 atom stereocenters.